The third kappa shape index (κ3) is 1.62. The molecule has 1 N–H and O–H groups in total. The van der Waals surface area contributed by atoms with Crippen molar-refractivity contribution in [3.8, 4) is 11.7 Å². The van der Waals surface area contributed by atoms with Crippen LogP contribution in [0.4, 0.5) is 0 Å². The van der Waals surface area contributed by atoms with E-state index in [1.165, 1.54) is 0 Å². The maximum Gasteiger partial charge on any atom is 0.263 e. The van der Waals surface area contributed by atoms with Gasteiger partial charge < -0.3 is 14.2 Å². The summed E-state index contributed by atoms with van der Waals surface area (Å²) in [6, 6.07) is 3.62. The van der Waals surface area contributed by atoms with Crippen LogP contribution in [-0.2, 0) is 6.54 Å². The zero-order chi connectivity index (χ0) is 9.10. The molecule has 13 heavy (non-hydrogen) atoms. The average molecular weight is 178 g/mol. The van der Waals surface area contributed by atoms with Crippen molar-refractivity contribution in [1.29, 1.82) is 0 Å². The molecule has 4 heteroatoms. The van der Waals surface area contributed by atoms with E-state index in [9.17, 15) is 0 Å². The zero-order valence-corrected chi connectivity index (χ0v) is 7.28. The Balaban J connectivity index is 2.23. The molecule has 0 unspecified atom stereocenters. The number of rotatable bonds is 3. The van der Waals surface area contributed by atoms with E-state index >= 15 is 0 Å². The third-order valence-electron chi connectivity index (χ3n) is 1.64. The van der Waals surface area contributed by atoms with Crippen LogP contribution in [0.3, 0.4) is 0 Å². The first kappa shape index (κ1) is 8.07. The fourth-order valence-electron chi connectivity index (χ4n) is 1.08. The molecule has 0 saturated carbocycles. The smallest absolute Gasteiger partial charge is 0.263 e. The number of hydrogen-bond acceptors (Lipinski definition) is 4. The number of nitrogens with one attached hydrogen (secondary N) is 1. The summed E-state index contributed by atoms with van der Waals surface area (Å²) >= 11 is 0. The van der Waals surface area contributed by atoms with Crippen molar-refractivity contribution in [3.05, 3.63) is 30.4 Å². The number of hydrogen-bond donors (Lipinski definition) is 1. The molecule has 0 bridgehead atoms. The van der Waals surface area contributed by atoms with Crippen molar-refractivity contribution in [2.45, 2.75) is 6.54 Å². The number of aromatic nitrogens is 1. The van der Waals surface area contributed by atoms with Crippen LogP contribution in [0, 0.1) is 0 Å². The minimum absolute atomic E-state index is 0.523. The summed E-state index contributed by atoms with van der Waals surface area (Å²) in [6.45, 7) is 0.699. The molecule has 4 nitrogen and oxygen atoms in total. The summed E-state index contributed by atoms with van der Waals surface area (Å²) in [6.07, 6.45) is 3.21. The molecule has 0 atom stereocenters. The molecule has 0 fully saturated rings. The van der Waals surface area contributed by atoms with Gasteiger partial charge in [-0.15, -0.1) is 0 Å². The van der Waals surface area contributed by atoms with Crippen LogP contribution in [0.1, 0.15) is 5.69 Å². The maximum absolute atomic E-state index is 5.22. The van der Waals surface area contributed by atoms with Crippen LogP contribution < -0.4 is 5.32 Å². The lowest BCUT2D eigenvalue weighted by molar-refractivity contribution is 0.516. The van der Waals surface area contributed by atoms with Crippen LogP contribution in [0.15, 0.2) is 33.5 Å². The van der Waals surface area contributed by atoms with Crippen LogP contribution in [0.5, 0.6) is 0 Å². The van der Waals surface area contributed by atoms with E-state index in [-0.39, 0.29) is 0 Å². The van der Waals surface area contributed by atoms with Crippen LogP contribution >= 0.6 is 0 Å². The summed E-state index contributed by atoms with van der Waals surface area (Å²) in [7, 11) is 1.86. The second-order valence-corrected chi connectivity index (χ2v) is 2.65. The van der Waals surface area contributed by atoms with Gasteiger partial charge in [-0.25, -0.2) is 4.98 Å². The van der Waals surface area contributed by atoms with Gasteiger partial charge in [-0.3, -0.25) is 0 Å². The highest BCUT2D eigenvalue weighted by Crippen LogP contribution is 2.18. The first-order valence-corrected chi connectivity index (χ1v) is 4.03. The summed E-state index contributed by atoms with van der Waals surface area (Å²) in [5.41, 5.74) is 0.869. The Morgan fingerprint density at radius 3 is 3.08 bits per heavy atom. The Labute approximate surface area is 75.6 Å². The lowest BCUT2D eigenvalue weighted by Crippen LogP contribution is -2.04. The van der Waals surface area contributed by atoms with Gasteiger partial charge in [0.1, 0.15) is 6.26 Å². The Hall–Kier alpha value is -1.55. The summed E-state index contributed by atoms with van der Waals surface area (Å²) < 4.78 is 10.4. The van der Waals surface area contributed by atoms with E-state index in [2.05, 4.69) is 10.3 Å². The maximum atomic E-state index is 5.22. The molecule has 0 aliphatic heterocycles. The Kier molecular flexibility index (Phi) is 2.14. The fraction of sp³-hybridized carbons (Fsp3) is 0.222. The van der Waals surface area contributed by atoms with Gasteiger partial charge >= 0.3 is 0 Å². The molecule has 0 spiro atoms. The van der Waals surface area contributed by atoms with E-state index in [1.54, 1.807) is 18.6 Å². The van der Waals surface area contributed by atoms with Gasteiger partial charge in [-0.05, 0) is 19.2 Å². The Morgan fingerprint density at radius 1 is 1.46 bits per heavy atom. The summed E-state index contributed by atoms with van der Waals surface area (Å²) in [5.74, 6) is 1.18. The van der Waals surface area contributed by atoms with Gasteiger partial charge in [0.2, 0.25) is 0 Å². The van der Waals surface area contributed by atoms with Gasteiger partial charge in [0.15, 0.2) is 5.76 Å². The van der Waals surface area contributed by atoms with Crippen molar-refractivity contribution in [1.82, 2.24) is 10.3 Å². The monoisotopic (exact) mass is 178 g/mol. The molecule has 0 saturated heterocycles. The molecule has 2 aromatic rings. The van der Waals surface area contributed by atoms with E-state index in [0.29, 0.717) is 18.2 Å². The SMILES string of the molecule is CNCc1coc(-c2ccco2)n1. The molecular weight excluding hydrogens is 168 g/mol. The number of nitrogens with zero attached hydrogens (tertiary/aromatic N) is 1. The van der Waals surface area contributed by atoms with E-state index in [1.807, 2.05) is 13.1 Å². The Bertz CT molecular complexity index is 365. The highest BCUT2D eigenvalue weighted by atomic mass is 16.4. The number of furan rings is 1. The third-order valence-corrected chi connectivity index (χ3v) is 1.64. The molecule has 0 aliphatic rings. The minimum Gasteiger partial charge on any atom is -0.459 e. The average Bonchev–Trinajstić information content (AvgIpc) is 2.70. The fourth-order valence-corrected chi connectivity index (χ4v) is 1.08. The molecule has 0 amide bonds. The lowest BCUT2D eigenvalue weighted by Gasteiger charge is -1.88. The zero-order valence-electron chi connectivity index (χ0n) is 7.28. The molecule has 0 radical (unpaired) electrons. The summed E-state index contributed by atoms with van der Waals surface area (Å²) in [5, 5.41) is 2.99. The van der Waals surface area contributed by atoms with Crippen molar-refractivity contribution >= 4 is 0 Å². The predicted molar refractivity (Wildman–Crippen MR) is 47.0 cm³/mol. The Morgan fingerprint density at radius 2 is 2.38 bits per heavy atom. The first-order chi connectivity index (χ1) is 6.40. The van der Waals surface area contributed by atoms with Gasteiger partial charge in [-0.1, -0.05) is 0 Å². The van der Waals surface area contributed by atoms with Crippen molar-refractivity contribution < 1.29 is 8.83 Å². The topological polar surface area (TPSA) is 51.2 Å². The van der Waals surface area contributed by atoms with Crippen molar-refractivity contribution in [2.24, 2.45) is 0 Å². The van der Waals surface area contributed by atoms with Gasteiger partial charge in [0.05, 0.1) is 12.0 Å². The van der Waals surface area contributed by atoms with Crippen LogP contribution in [-0.4, -0.2) is 12.0 Å². The normalized spacial score (nSPS) is 10.5. The van der Waals surface area contributed by atoms with E-state index in [0.717, 1.165) is 5.69 Å². The highest BCUT2D eigenvalue weighted by Gasteiger charge is 2.07. The van der Waals surface area contributed by atoms with Crippen LogP contribution in [0.2, 0.25) is 0 Å². The molecule has 0 aromatic carbocycles. The molecule has 2 rings (SSSR count). The minimum atomic E-state index is 0.523. The first-order valence-electron chi connectivity index (χ1n) is 4.03. The van der Waals surface area contributed by atoms with Gasteiger partial charge in [-0.2, -0.15) is 0 Å². The second-order valence-electron chi connectivity index (χ2n) is 2.65. The lowest BCUT2D eigenvalue weighted by atomic mass is 10.4. The van der Waals surface area contributed by atoms with E-state index in [4.69, 9.17) is 8.83 Å². The second kappa shape index (κ2) is 3.45. The number of oxazole rings is 1. The largest absolute Gasteiger partial charge is 0.459 e. The molecule has 0 aliphatic carbocycles. The van der Waals surface area contributed by atoms with E-state index < -0.39 is 0 Å². The molecule has 2 heterocycles. The van der Waals surface area contributed by atoms with Crippen molar-refractivity contribution in [3.63, 3.8) is 0 Å². The molecule has 2 aromatic heterocycles. The van der Waals surface area contributed by atoms with Crippen molar-refractivity contribution in [2.75, 3.05) is 7.05 Å². The standard InChI is InChI=1S/C9H10N2O2/c1-10-5-7-6-13-9(11-7)8-3-2-4-12-8/h2-4,6,10H,5H2,1H3. The predicted octanol–water partition coefficient (Wildman–Crippen LogP) is 1.65. The quantitative estimate of drug-likeness (QED) is 0.776. The molecular formula is C9H10N2O2. The highest BCUT2D eigenvalue weighted by molar-refractivity contribution is 5.43. The molecule has 68 valence electrons. The van der Waals surface area contributed by atoms with Gasteiger partial charge in [0.25, 0.3) is 5.89 Å². The van der Waals surface area contributed by atoms with Gasteiger partial charge in [0, 0.05) is 6.54 Å². The van der Waals surface area contributed by atoms with Crippen LogP contribution in [0.25, 0.3) is 11.7 Å². The summed E-state index contributed by atoms with van der Waals surface area (Å²) in [4.78, 5) is 4.22.